The summed E-state index contributed by atoms with van der Waals surface area (Å²) in [5.74, 6) is 0.180. The molecule has 0 unspecified atom stereocenters. The summed E-state index contributed by atoms with van der Waals surface area (Å²) in [5, 5.41) is 22.8. The van der Waals surface area contributed by atoms with Gasteiger partial charge in [0.1, 0.15) is 5.60 Å². The van der Waals surface area contributed by atoms with Gasteiger partial charge in [-0.3, -0.25) is 15.1 Å². The maximum atomic E-state index is 11.1. The van der Waals surface area contributed by atoms with Crippen molar-refractivity contribution in [1.82, 2.24) is 4.98 Å². The zero-order chi connectivity index (χ0) is 15.2. The summed E-state index contributed by atoms with van der Waals surface area (Å²) >= 11 is 0. The molecule has 0 spiro atoms. The number of nitro benzene ring substituents is 1. The average molecular weight is 287 g/mol. The van der Waals surface area contributed by atoms with Crippen LogP contribution in [0.1, 0.15) is 13.8 Å². The number of rotatable bonds is 3. The molecule has 0 saturated carbocycles. The molecule has 6 nitrogen and oxygen atoms in total. The molecular formula is C15H17N3O3. The van der Waals surface area contributed by atoms with Gasteiger partial charge in [-0.2, -0.15) is 0 Å². The summed E-state index contributed by atoms with van der Waals surface area (Å²) in [6.45, 7) is 5.07. The Kier molecular flexibility index (Phi) is 3.06. The van der Waals surface area contributed by atoms with Gasteiger partial charge < -0.3 is 10.0 Å². The molecule has 6 heteroatoms. The highest BCUT2D eigenvalue weighted by molar-refractivity contribution is 5.99. The van der Waals surface area contributed by atoms with Crippen LogP contribution in [0.4, 0.5) is 11.4 Å². The van der Waals surface area contributed by atoms with Gasteiger partial charge in [0.05, 0.1) is 10.3 Å². The van der Waals surface area contributed by atoms with Gasteiger partial charge >= 0.3 is 0 Å². The SMILES string of the molecule is CC(C)C1(O)CN(c2ccc([N+](=O)[O-])c3cnccc23)C1. The Hall–Kier alpha value is -2.21. The van der Waals surface area contributed by atoms with Gasteiger partial charge in [0.2, 0.25) is 0 Å². The number of fused-ring (bicyclic) bond motifs is 1. The second kappa shape index (κ2) is 4.66. The first kappa shape index (κ1) is 13.8. The van der Waals surface area contributed by atoms with Crippen molar-refractivity contribution in [2.24, 2.45) is 5.92 Å². The fourth-order valence-electron chi connectivity index (χ4n) is 2.74. The minimum Gasteiger partial charge on any atom is -0.386 e. The average Bonchev–Trinajstić information content (AvgIpc) is 2.42. The molecule has 110 valence electrons. The molecule has 3 rings (SSSR count). The number of hydrogen-bond acceptors (Lipinski definition) is 5. The smallest absolute Gasteiger partial charge is 0.278 e. The third-order valence-electron chi connectivity index (χ3n) is 4.31. The number of non-ortho nitro benzene ring substituents is 1. The van der Waals surface area contributed by atoms with Gasteiger partial charge in [-0.15, -0.1) is 0 Å². The zero-order valence-electron chi connectivity index (χ0n) is 12.0. The number of β-amino-alcohol motifs (C(OH)–C–C–N with tert-alkyl or cyclic N) is 1. The van der Waals surface area contributed by atoms with E-state index in [1.807, 2.05) is 18.7 Å². The molecule has 0 bridgehead atoms. The van der Waals surface area contributed by atoms with Crippen molar-refractivity contribution in [1.29, 1.82) is 0 Å². The Balaban J connectivity index is 2.02. The van der Waals surface area contributed by atoms with Crippen LogP contribution < -0.4 is 4.90 Å². The van der Waals surface area contributed by atoms with Crippen molar-refractivity contribution >= 4 is 22.1 Å². The molecule has 0 radical (unpaired) electrons. The van der Waals surface area contributed by atoms with Crippen molar-refractivity contribution in [3.05, 3.63) is 40.7 Å². The van der Waals surface area contributed by atoms with Crippen molar-refractivity contribution in [3.8, 4) is 0 Å². The highest BCUT2D eigenvalue weighted by Gasteiger charge is 2.44. The molecule has 2 aromatic rings. The van der Waals surface area contributed by atoms with Crippen molar-refractivity contribution in [2.75, 3.05) is 18.0 Å². The normalized spacial score (nSPS) is 17.0. The first-order valence-electron chi connectivity index (χ1n) is 6.91. The van der Waals surface area contributed by atoms with E-state index < -0.39 is 10.5 Å². The van der Waals surface area contributed by atoms with E-state index in [0.29, 0.717) is 18.5 Å². The maximum absolute atomic E-state index is 11.1. The number of pyridine rings is 1. The monoisotopic (exact) mass is 287 g/mol. The Morgan fingerprint density at radius 1 is 1.33 bits per heavy atom. The Morgan fingerprint density at radius 3 is 2.67 bits per heavy atom. The fourth-order valence-corrected chi connectivity index (χ4v) is 2.74. The number of anilines is 1. The lowest BCUT2D eigenvalue weighted by Crippen LogP contribution is -2.64. The van der Waals surface area contributed by atoms with E-state index in [2.05, 4.69) is 4.98 Å². The van der Waals surface area contributed by atoms with Gasteiger partial charge in [0.25, 0.3) is 5.69 Å². The van der Waals surface area contributed by atoms with Gasteiger partial charge in [-0.1, -0.05) is 13.8 Å². The van der Waals surface area contributed by atoms with Crippen LogP contribution in [-0.4, -0.2) is 33.7 Å². The quantitative estimate of drug-likeness (QED) is 0.692. The molecule has 21 heavy (non-hydrogen) atoms. The number of benzene rings is 1. The van der Waals surface area contributed by atoms with Crippen LogP contribution in [0.2, 0.25) is 0 Å². The van der Waals surface area contributed by atoms with E-state index in [-0.39, 0.29) is 11.6 Å². The van der Waals surface area contributed by atoms with Crippen LogP contribution in [0.25, 0.3) is 10.8 Å². The van der Waals surface area contributed by atoms with Crippen LogP contribution in [-0.2, 0) is 0 Å². The molecule has 1 aromatic heterocycles. The molecule has 1 fully saturated rings. The predicted octanol–water partition coefficient (Wildman–Crippen LogP) is 2.35. The summed E-state index contributed by atoms with van der Waals surface area (Å²) < 4.78 is 0. The minimum absolute atomic E-state index is 0.0569. The third kappa shape index (κ3) is 2.12. The van der Waals surface area contributed by atoms with Gasteiger partial charge in [-0.05, 0) is 18.1 Å². The summed E-state index contributed by atoms with van der Waals surface area (Å²) in [6, 6.07) is 5.04. The molecule has 0 aliphatic carbocycles. The van der Waals surface area contributed by atoms with E-state index in [0.717, 1.165) is 11.1 Å². The van der Waals surface area contributed by atoms with Crippen LogP contribution in [0.15, 0.2) is 30.6 Å². The van der Waals surface area contributed by atoms with Gasteiger partial charge in [0, 0.05) is 42.6 Å². The fraction of sp³-hybridized carbons (Fsp3) is 0.400. The molecule has 1 aliphatic heterocycles. The number of hydrogen-bond donors (Lipinski definition) is 1. The topological polar surface area (TPSA) is 79.5 Å². The highest BCUT2D eigenvalue weighted by atomic mass is 16.6. The second-order valence-electron chi connectivity index (χ2n) is 5.90. The molecule has 1 aliphatic rings. The summed E-state index contributed by atoms with van der Waals surface area (Å²) in [4.78, 5) is 16.7. The zero-order valence-corrected chi connectivity index (χ0v) is 12.0. The lowest BCUT2D eigenvalue weighted by atomic mass is 9.82. The molecule has 2 heterocycles. The lowest BCUT2D eigenvalue weighted by Gasteiger charge is -2.50. The van der Waals surface area contributed by atoms with Crippen molar-refractivity contribution in [3.63, 3.8) is 0 Å². The van der Waals surface area contributed by atoms with E-state index >= 15 is 0 Å². The minimum atomic E-state index is -0.679. The van der Waals surface area contributed by atoms with Crippen molar-refractivity contribution in [2.45, 2.75) is 19.4 Å². The van der Waals surface area contributed by atoms with E-state index in [9.17, 15) is 15.2 Å². The number of aromatic nitrogens is 1. The predicted molar refractivity (Wildman–Crippen MR) is 80.4 cm³/mol. The van der Waals surface area contributed by atoms with Crippen LogP contribution in [0.3, 0.4) is 0 Å². The highest BCUT2D eigenvalue weighted by Crippen LogP contribution is 2.38. The van der Waals surface area contributed by atoms with E-state index in [4.69, 9.17) is 0 Å². The lowest BCUT2D eigenvalue weighted by molar-refractivity contribution is -0.383. The molecule has 0 amide bonds. The first-order valence-corrected chi connectivity index (χ1v) is 6.91. The number of nitrogens with zero attached hydrogens (tertiary/aromatic N) is 3. The van der Waals surface area contributed by atoms with Crippen LogP contribution >= 0.6 is 0 Å². The largest absolute Gasteiger partial charge is 0.386 e. The second-order valence-corrected chi connectivity index (χ2v) is 5.90. The van der Waals surface area contributed by atoms with Crippen LogP contribution in [0, 0.1) is 16.0 Å². The summed E-state index contributed by atoms with van der Waals surface area (Å²) in [5.41, 5.74) is 0.283. The van der Waals surface area contributed by atoms with E-state index in [1.165, 1.54) is 12.3 Å². The maximum Gasteiger partial charge on any atom is 0.278 e. The third-order valence-corrected chi connectivity index (χ3v) is 4.31. The van der Waals surface area contributed by atoms with Gasteiger partial charge in [0.15, 0.2) is 0 Å². The molecule has 1 saturated heterocycles. The summed E-state index contributed by atoms with van der Waals surface area (Å²) in [7, 11) is 0. The van der Waals surface area contributed by atoms with Crippen LogP contribution in [0.5, 0.6) is 0 Å². The number of aliphatic hydroxyl groups is 1. The Labute approximate surface area is 122 Å². The Bertz CT molecular complexity index is 708. The molecule has 0 atom stereocenters. The van der Waals surface area contributed by atoms with Gasteiger partial charge in [-0.25, -0.2) is 0 Å². The molecular weight excluding hydrogens is 270 g/mol. The van der Waals surface area contributed by atoms with E-state index in [1.54, 1.807) is 18.3 Å². The summed E-state index contributed by atoms with van der Waals surface area (Å²) in [6.07, 6.45) is 3.15. The molecule has 1 N–H and O–H groups in total. The van der Waals surface area contributed by atoms with Crippen molar-refractivity contribution < 1.29 is 10.0 Å². The Morgan fingerprint density at radius 2 is 2.05 bits per heavy atom. The standard InChI is InChI=1S/C15H17N3O3/c1-10(2)15(19)8-17(9-15)13-3-4-14(18(20)21)12-7-16-6-5-11(12)13/h3-7,10,19H,8-9H2,1-2H3. The molecule has 1 aromatic carbocycles. The number of nitro groups is 1. The first-order chi connectivity index (χ1) is 9.92.